The van der Waals surface area contributed by atoms with Gasteiger partial charge in [-0.3, -0.25) is 4.90 Å². The maximum Gasteiger partial charge on any atom is 0.315 e. The number of carbonyl (C=O) groups excluding carboxylic acids is 1. The van der Waals surface area contributed by atoms with E-state index in [1.165, 1.54) is 38.5 Å². The molecule has 0 aliphatic carbocycles. The van der Waals surface area contributed by atoms with Gasteiger partial charge in [0.2, 0.25) is 0 Å². The Morgan fingerprint density at radius 3 is 2.48 bits per heavy atom. The highest BCUT2D eigenvalue weighted by molar-refractivity contribution is 5.74. The molecule has 0 aromatic carbocycles. The van der Waals surface area contributed by atoms with E-state index in [0.29, 0.717) is 6.54 Å². The highest BCUT2D eigenvalue weighted by atomic mass is 16.2. The Labute approximate surface area is 131 Å². The summed E-state index contributed by atoms with van der Waals surface area (Å²) in [6.45, 7) is 11.8. The number of nitrogens with zero attached hydrogens (tertiary/aromatic N) is 1. The van der Waals surface area contributed by atoms with Crippen LogP contribution in [0.3, 0.4) is 0 Å². The summed E-state index contributed by atoms with van der Waals surface area (Å²) < 4.78 is 0. The Morgan fingerprint density at radius 2 is 1.86 bits per heavy atom. The number of piperidine rings is 1. The first kappa shape index (κ1) is 18.3. The third-order valence-electron chi connectivity index (χ3n) is 4.51. The fraction of sp³-hybridized carbons (Fsp3) is 0.941. The molecule has 124 valence electrons. The lowest BCUT2D eigenvalue weighted by Gasteiger charge is -2.41. The number of hydrogen-bond acceptors (Lipinski definition) is 2. The van der Waals surface area contributed by atoms with Gasteiger partial charge in [0.1, 0.15) is 0 Å². The van der Waals surface area contributed by atoms with Crippen molar-refractivity contribution in [2.75, 3.05) is 19.6 Å². The number of urea groups is 1. The van der Waals surface area contributed by atoms with E-state index in [1.54, 1.807) is 0 Å². The predicted octanol–water partition coefficient (Wildman–Crippen LogP) is 3.52. The summed E-state index contributed by atoms with van der Waals surface area (Å²) in [5.41, 5.74) is 0.0448. The topological polar surface area (TPSA) is 44.4 Å². The van der Waals surface area contributed by atoms with Gasteiger partial charge < -0.3 is 10.6 Å². The Balaban J connectivity index is 2.24. The van der Waals surface area contributed by atoms with Gasteiger partial charge in [-0.05, 0) is 53.1 Å². The minimum absolute atomic E-state index is 0.0240. The van der Waals surface area contributed by atoms with Crippen molar-refractivity contribution in [2.24, 2.45) is 0 Å². The zero-order valence-electron chi connectivity index (χ0n) is 14.5. The van der Waals surface area contributed by atoms with Gasteiger partial charge in [-0.15, -0.1) is 0 Å². The van der Waals surface area contributed by atoms with E-state index in [-0.39, 0.29) is 17.6 Å². The van der Waals surface area contributed by atoms with Gasteiger partial charge in [-0.25, -0.2) is 4.79 Å². The van der Waals surface area contributed by atoms with Crippen molar-refractivity contribution in [3.05, 3.63) is 0 Å². The van der Waals surface area contributed by atoms with Crippen LogP contribution in [0.1, 0.15) is 72.6 Å². The second kappa shape index (κ2) is 9.29. The van der Waals surface area contributed by atoms with Crippen molar-refractivity contribution in [2.45, 2.75) is 84.2 Å². The smallest absolute Gasteiger partial charge is 0.315 e. The molecule has 4 heteroatoms. The summed E-state index contributed by atoms with van der Waals surface area (Å²) in [7, 11) is 0. The van der Waals surface area contributed by atoms with Gasteiger partial charge in [-0.2, -0.15) is 0 Å². The third-order valence-corrected chi connectivity index (χ3v) is 4.51. The fourth-order valence-corrected chi connectivity index (χ4v) is 2.96. The zero-order valence-corrected chi connectivity index (χ0v) is 14.5. The van der Waals surface area contributed by atoms with Crippen molar-refractivity contribution < 1.29 is 4.79 Å². The highest BCUT2D eigenvalue weighted by Gasteiger charge is 2.28. The molecule has 21 heavy (non-hydrogen) atoms. The van der Waals surface area contributed by atoms with Crippen molar-refractivity contribution in [1.82, 2.24) is 15.5 Å². The molecule has 1 unspecified atom stereocenters. The molecule has 1 saturated heterocycles. The monoisotopic (exact) mass is 297 g/mol. The largest absolute Gasteiger partial charge is 0.336 e. The first-order valence-electron chi connectivity index (χ1n) is 8.75. The Kier molecular flexibility index (Phi) is 8.09. The number of unbranched alkanes of at least 4 members (excludes halogenated alkanes) is 2. The van der Waals surface area contributed by atoms with E-state index in [2.05, 4.69) is 43.2 Å². The number of rotatable bonds is 8. The molecule has 1 fully saturated rings. The van der Waals surface area contributed by atoms with Crippen LogP contribution in [0.2, 0.25) is 0 Å². The molecule has 0 aromatic heterocycles. The summed E-state index contributed by atoms with van der Waals surface area (Å²) in [6, 6.07) is 0.235. The molecular formula is C17H35N3O. The van der Waals surface area contributed by atoms with E-state index >= 15 is 0 Å². The third kappa shape index (κ3) is 7.16. The molecule has 4 nitrogen and oxygen atoms in total. The fourth-order valence-electron chi connectivity index (χ4n) is 2.96. The molecule has 0 spiro atoms. The van der Waals surface area contributed by atoms with Gasteiger partial charge in [0.05, 0.1) is 0 Å². The van der Waals surface area contributed by atoms with E-state index in [1.807, 2.05) is 0 Å². The van der Waals surface area contributed by atoms with Crippen molar-refractivity contribution in [3.63, 3.8) is 0 Å². The van der Waals surface area contributed by atoms with Crippen LogP contribution < -0.4 is 10.6 Å². The highest BCUT2D eigenvalue weighted by Crippen LogP contribution is 2.19. The minimum atomic E-state index is -0.0240. The molecule has 0 aromatic rings. The zero-order chi connectivity index (χ0) is 15.7. The van der Waals surface area contributed by atoms with Crippen molar-refractivity contribution in [3.8, 4) is 0 Å². The number of carbonyl (C=O) groups is 1. The van der Waals surface area contributed by atoms with Crippen LogP contribution in [0.5, 0.6) is 0 Å². The normalized spacial score (nSPS) is 18.3. The molecule has 1 heterocycles. The molecule has 2 N–H and O–H groups in total. The van der Waals surface area contributed by atoms with E-state index in [4.69, 9.17) is 0 Å². The van der Waals surface area contributed by atoms with Crippen LogP contribution in [-0.4, -0.2) is 42.1 Å². The molecule has 1 aliphatic rings. The Hall–Kier alpha value is -0.770. The molecule has 1 rings (SSSR count). The minimum Gasteiger partial charge on any atom is -0.336 e. The Morgan fingerprint density at radius 1 is 1.19 bits per heavy atom. The second-order valence-corrected chi connectivity index (χ2v) is 7.08. The van der Waals surface area contributed by atoms with Crippen LogP contribution in [0, 0.1) is 0 Å². The lowest BCUT2D eigenvalue weighted by molar-refractivity contribution is 0.0959. The maximum absolute atomic E-state index is 12.0. The summed E-state index contributed by atoms with van der Waals surface area (Å²) in [6.07, 6.45) is 8.64. The summed E-state index contributed by atoms with van der Waals surface area (Å²) in [5, 5.41) is 6.10. The van der Waals surface area contributed by atoms with Crippen LogP contribution in [0.15, 0.2) is 0 Å². The lowest BCUT2D eigenvalue weighted by Crippen LogP contribution is -2.55. The molecule has 2 amide bonds. The summed E-state index contributed by atoms with van der Waals surface area (Å²) >= 11 is 0. The van der Waals surface area contributed by atoms with E-state index in [9.17, 15) is 4.79 Å². The standard InChI is InChI=1S/C17H35N3O/c1-5-6-8-11-15(2)19-16(21)18-14-17(3,4)20-12-9-7-10-13-20/h15H,5-14H2,1-4H3,(H2,18,19,21). The van der Waals surface area contributed by atoms with Gasteiger partial charge in [0.25, 0.3) is 0 Å². The van der Waals surface area contributed by atoms with Crippen LogP contribution in [0.4, 0.5) is 4.79 Å². The average molecular weight is 297 g/mol. The first-order valence-corrected chi connectivity index (χ1v) is 8.75. The number of nitrogens with one attached hydrogen (secondary N) is 2. The van der Waals surface area contributed by atoms with Crippen LogP contribution >= 0.6 is 0 Å². The summed E-state index contributed by atoms with van der Waals surface area (Å²) in [5.74, 6) is 0. The lowest BCUT2D eigenvalue weighted by atomic mass is 9.98. The molecule has 0 bridgehead atoms. The van der Waals surface area contributed by atoms with Gasteiger partial charge in [-0.1, -0.05) is 32.6 Å². The van der Waals surface area contributed by atoms with Gasteiger partial charge in [0, 0.05) is 18.1 Å². The van der Waals surface area contributed by atoms with E-state index < -0.39 is 0 Å². The van der Waals surface area contributed by atoms with Crippen molar-refractivity contribution in [1.29, 1.82) is 0 Å². The van der Waals surface area contributed by atoms with Crippen LogP contribution in [0.25, 0.3) is 0 Å². The van der Waals surface area contributed by atoms with Gasteiger partial charge >= 0.3 is 6.03 Å². The molecule has 0 saturated carbocycles. The SMILES string of the molecule is CCCCCC(C)NC(=O)NCC(C)(C)N1CCCCC1. The van der Waals surface area contributed by atoms with Crippen LogP contribution in [-0.2, 0) is 0 Å². The van der Waals surface area contributed by atoms with Crippen molar-refractivity contribution >= 4 is 6.03 Å². The van der Waals surface area contributed by atoms with E-state index in [0.717, 1.165) is 19.5 Å². The molecule has 0 radical (unpaired) electrons. The summed E-state index contributed by atoms with van der Waals surface area (Å²) in [4.78, 5) is 14.5. The molecule has 1 aliphatic heterocycles. The average Bonchev–Trinajstić information content (AvgIpc) is 2.46. The quantitative estimate of drug-likeness (QED) is 0.673. The molecular weight excluding hydrogens is 262 g/mol. The number of hydrogen-bond donors (Lipinski definition) is 2. The number of likely N-dealkylation sites (tertiary alicyclic amines) is 1. The second-order valence-electron chi connectivity index (χ2n) is 7.08. The maximum atomic E-state index is 12.0. The predicted molar refractivity (Wildman–Crippen MR) is 89.6 cm³/mol. The molecule has 1 atom stereocenters. The first-order chi connectivity index (χ1) is 9.95. The Bertz CT molecular complexity index is 298. The van der Waals surface area contributed by atoms with Gasteiger partial charge in [0.15, 0.2) is 0 Å². The number of amides is 2.